The Morgan fingerprint density at radius 2 is 2.10 bits per heavy atom. The second-order valence-corrected chi connectivity index (χ2v) is 4.81. The second kappa shape index (κ2) is 5.51. The van der Waals surface area contributed by atoms with Crippen molar-refractivity contribution in [3.05, 3.63) is 59.4 Å². The molecule has 0 amide bonds. The second-order valence-electron chi connectivity index (χ2n) is 4.81. The Morgan fingerprint density at radius 3 is 2.90 bits per heavy atom. The molecule has 2 aromatic carbocycles. The summed E-state index contributed by atoms with van der Waals surface area (Å²) in [5.74, 6) is 1.28. The van der Waals surface area contributed by atoms with Crippen LogP contribution < -0.4 is 15.2 Å². The van der Waals surface area contributed by atoms with E-state index in [4.69, 9.17) is 15.2 Å². The van der Waals surface area contributed by atoms with Crippen molar-refractivity contribution in [2.75, 3.05) is 13.2 Å². The molecule has 1 heterocycles. The van der Waals surface area contributed by atoms with Crippen LogP contribution in [0.3, 0.4) is 0 Å². The van der Waals surface area contributed by atoms with Crippen LogP contribution in [0.2, 0.25) is 0 Å². The number of halogens is 1. The molecule has 1 aliphatic heterocycles. The lowest BCUT2D eigenvalue weighted by molar-refractivity contribution is 0.247. The van der Waals surface area contributed by atoms with E-state index in [1.165, 1.54) is 6.07 Å². The molecular formula is C16H16FNO2. The monoisotopic (exact) mass is 273 g/mol. The van der Waals surface area contributed by atoms with Gasteiger partial charge < -0.3 is 15.2 Å². The van der Waals surface area contributed by atoms with E-state index in [9.17, 15) is 4.39 Å². The number of benzene rings is 2. The van der Waals surface area contributed by atoms with Gasteiger partial charge in [-0.1, -0.05) is 24.3 Å². The zero-order valence-electron chi connectivity index (χ0n) is 11.0. The van der Waals surface area contributed by atoms with Crippen LogP contribution in [0, 0.1) is 5.82 Å². The normalized spacial score (nSPS) is 16.6. The predicted octanol–water partition coefficient (Wildman–Crippen LogP) is 2.84. The zero-order chi connectivity index (χ0) is 13.9. The van der Waals surface area contributed by atoms with Crippen LogP contribution in [0.1, 0.15) is 17.0 Å². The molecule has 0 radical (unpaired) electrons. The van der Waals surface area contributed by atoms with E-state index >= 15 is 0 Å². The lowest BCUT2D eigenvalue weighted by Crippen LogP contribution is -2.12. The van der Waals surface area contributed by atoms with Crippen molar-refractivity contribution in [2.24, 2.45) is 5.73 Å². The standard InChI is InChI=1S/C16H16FNO2/c17-15-7-13(6-5-11(15)8-18)19-9-12-10-20-16-4-2-1-3-14(12)16/h1-7,12H,8-10,18H2. The third-order valence-electron chi connectivity index (χ3n) is 3.49. The smallest absolute Gasteiger partial charge is 0.131 e. The Hall–Kier alpha value is -2.07. The summed E-state index contributed by atoms with van der Waals surface area (Å²) >= 11 is 0. The van der Waals surface area contributed by atoms with Crippen molar-refractivity contribution in [3.63, 3.8) is 0 Å². The molecule has 0 aliphatic carbocycles. The maximum atomic E-state index is 13.6. The number of nitrogens with two attached hydrogens (primary N) is 1. The summed E-state index contributed by atoms with van der Waals surface area (Å²) in [6.45, 7) is 1.26. The fraction of sp³-hybridized carbons (Fsp3) is 0.250. The van der Waals surface area contributed by atoms with Gasteiger partial charge in [-0.25, -0.2) is 4.39 Å². The van der Waals surface area contributed by atoms with Gasteiger partial charge in [0, 0.05) is 23.7 Å². The molecule has 2 aromatic rings. The van der Waals surface area contributed by atoms with E-state index < -0.39 is 0 Å². The first-order valence-electron chi connectivity index (χ1n) is 6.61. The van der Waals surface area contributed by atoms with Gasteiger partial charge in [0.05, 0.1) is 19.1 Å². The molecule has 0 bridgehead atoms. The molecule has 3 nitrogen and oxygen atoms in total. The average Bonchev–Trinajstić information content (AvgIpc) is 2.88. The number of hydrogen-bond acceptors (Lipinski definition) is 3. The molecule has 1 unspecified atom stereocenters. The van der Waals surface area contributed by atoms with E-state index in [1.807, 2.05) is 24.3 Å². The van der Waals surface area contributed by atoms with Gasteiger partial charge in [0.15, 0.2) is 0 Å². The van der Waals surface area contributed by atoms with Crippen LogP contribution in [-0.2, 0) is 6.54 Å². The summed E-state index contributed by atoms with van der Waals surface area (Å²) in [4.78, 5) is 0. The van der Waals surface area contributed by atoms with Crippen LogP contribution in [0.25, 0.3) is 0 Å². The van der Waals surface area contributed by atoms with Gasteiger partial charge >= 0.3 is 0 Å². The van der Waals surface area contributed by atoms with Crippen molar-refractivity contribution in [2.45, 2.75) is 12.5 Å². The molecule has 0 spiro atoms. The molecule has 2 N–H and O–H groups in total. The maximum Gasteiger partial charge on any atom is 0.131 e. The highest BCUT2D eigenvalue weighted by atomic mass is 19.1. The molecule has 1 aliphatic rings. The SMILES string of the molecule is NCc1ccc(OCC2COc3ccccc32)cc1F. The highest BCUT2D eigenvalue weighted by Gasteiger charge is 2.24. The van der Waals surface area contributed by atoms with Gasteiger partial charge in [-0.3, -0.25) is 0 Å². The third kappa shape index (κ3) is 2.47. The molecule has 1 atom stereocenters. The van der Waals surface area contributed by atoms with Gasteiger partial charge in [0.25, 0.3) is 0 Å². The maximum absolute atomic E-state index is 13.6. The Labute approximate surface area is 117 Å². The van der Waals surface area contributed by atoms with Crippen molar-refractivity contribution >= 4 is 0 Å². The lowest BCUT2D eigenvalue weighted by atomic mass is 10.0. The molecule has 4 heteroatoms. The summed E-state index contributed by atoms with van der Waals surface area (Å²) in [6, 6.07) is 12.7. The van der Waals surface area contributed by atoms with Crippen LogP contribution in [-0.4, -0.2) is 13.2 Å². The zero-order valence-corrected chi connectivity index (χ0v) is 11.0. The van der Waals surface area contributed by atoms with Crippen LogP contribution in [0.4, 0.5) is 4.39 Å². The Bertz CT molecular complexity index is 615. The number of rotatable bonds is 4. The lowest BCUT2D eigenvalue weighted by Gasteiger charge is -2.12. The van der Waals surface area contributed by atoms with Crippen LogP contribution in [0.5, 0.6) is 11.5 Å². The Morgan fingerprint density at radius 1 is 1.25 bits per heavy atom. The Balaban J connectivity index is 1.67. The molecule has 0 aromatic heterocycles. The van der Waals surface area contributed by atoms with Gasteiger partial charge in [0.1, 0.15) is 17.3 Å². The number of ether oxygens (including phenoxy) is 2. The minimum absolute atomic E-state index is 0.184. The van der Waals surface area contributed by atoms with Crippen molar-refractivity contribution in [1.29, 1.82) is 0 Å². The minimum Gasteiger partial charge on any atom is -0.493 e. The Kier molecular flexibility index (Phi) is 3.56. The summed E-state index contributed by atoms with van der Waals surface area (Å²) in [5.41, 5.74) is 7.07. The van der Waals surface area contributed by atoms with Crippen LogP contribution >= 0.6 is 0 Å². The molecule has 0 saturated carbocycles. The van der Waals surface area contributed by atoms with Crippen molar-refractivity contribution in [3.8, 4) is 11.5 Å². The van der Waals surface area contributed by atoms with Crippen molar-refractivity contribution < 1.29 is 13.9 Å². The number of hydrogen-bond donors (Lipinski definition) is 1. The number of fused-ring (bicyclic) bond motifs is 1. The molecule has 0 saturated heterocycles. The summed E-state index contributed by atoms with van der Waals surface area (Å²) in [5, 5.41) is 0. The van der Waals surface area contributed by atoms with E-state index in [1.54, 1.807) is 12.1 Å². The van der Waals surface area contributed by atoms with E-state index in [2.05, 4.69) is 0 Å². The van der Waals surface area contributed by atoms with E-state index in [0.717, 1.165) is 11.3 Å². The van der Waals surface area contributed by atoms with Gasteiger partial charge in [0.2, 0.25) is 0 Å². The number of para-hydroxylation sites is 1. The van der Waals surface area contributed by atoms with Gasteiger partial charge in [-0.15, -0.1) is 0 Å². The largest absolute Gasteiger partial charge is 0.493 e. The van der Waals surface area contributed by atoms with Gasteiger partial charge in [-0.05, 0) is 12.1 Å². The van der Waals surface area contributed by atoms with E-state index in [-0.39, 0.29) is 18.3 Å². The topological polar surface area (TPSA) is 44.5 Å². The quantitative estimate of drug-likeness (QED) is 0.931. The average molecular weight is 273 g/mol. The third-order valence-corrected chi connectivity index (χ3v) is 3.49. The first kappa shape index (κ1) is 12.9. The van der Waals surface area contributed by atoms with Gasteiger partial charge in [-0.2, -0.15) is 0 Å². The van der Waals surface area contributed by atoms with Crippen molar-refractivity contribution in [1.82, 2.24) is 0 Å². The first-order chi connectivity index (χ1) is 9.78. The minimum atomic E-state index is -0.326. The fourth-order valence-corrected chi connectivity index (χ4v) is 2.35. The first-order valence-corrected chi connectivity index (χ1v) is 6.61. The predicted molar refractivity (Wildman–Crippen MR) is 74.5 cm³/mol. The summed E-state index contributed by atoms with van der Waals surface area (Å²) in [7, 11) is 0. The molecule has 104 valence electrons. The molecule has 0 fully saturated rings. The highest BCUT2D eigenvalue weighted by molar-refractivity contribution is 5.40. The summed E-state index contributed by atoms with van der Waals surface area (Å²) < 4.78 is 24.9. The van der Waals surface area contributed by atoms with E-state index in [0.29, 0.717) is 24.5 Å². The summed E-state index contributed by atoms with van der Waals surface area (Å²) in [6.07, 6.45) is 0. The molecule has 20 heavy (non-hydrogen) atoms. The molecule has 3 rings (SSSR count). The highest BCUT2D eigenvalue weighted by Crippen LogP contribution is 2.33. The molecular weight excluding hydrogens is 257 g/mol. The van der Waals surface area contributed by atoms with Crippen LogP contribution in [0.15, 0.2) is 42.5 Å². The fourth-order valence-electron chi connectivity index (χ4n) is 2.35.